The highest BCUT2D eigenvalue weighted by Crippen LogP contribution is 2.36. The first-order valence-electron chi connectivity index (χ1n) is 8.87. The number of carbonyl (C=O) groups is 1. The molecule has 3 heterocycles. The van der Waals surface area contributed by atoms with Crippen molar-refractivity contribution in [1.29, 1.82) is 0 Å². The van der Waals surface area contributed by atoms with E-state index in [2.05, 4.69) is 20.9 Å². The average Bonchev–Trinajstić information content (AvgIpc) is 2.84. The molecular formula is C17H27BBrN3O4. The lowest BCUT2D eigenvalue weighted by molar-refractivity contribution is 0.000801. The summed E-state index contributed by atoms with van der Waals surface area (Å²) in [5, 5.41) is 0. The van der Waals surface area contributed by atoms with Crippen LogP contribution in [-0.2, 0) is 14.0 Å². The SMILES string of the molecule is CC(C)(C)OC(=O)N1CC(n2cc(B3OC(C)(C)C(C)(C)O3)nc2Br)C1. The van der Waals surface area contributed by atoms with Gasteiger partial charge in [0.2, 0.25) is 0 Å². The standard InChI is InChI=1S/C17H27BBrN3O4/c1-15(2,3)24-14(23)21-8-11(9-21)22-10-12(20-13(22)19)18-25-16(4,5)17(6,7)26-18/h10-11H,8-9H2,1-7H3. The second-order valence-corrected chi connectivity index (χ2v) is 9.68. The van der Waals surface area contributed by atoms with E-state index in [-0.39, 0.29) is 12.1 Å². The number of ether oxygens (including phenoxy) is 1. The van der Waals surface area contributed by atoms with E-state index in [0.29, 0.717) is 17.8 Å². The Morgan fingerprint density at radius 1 is 1.27 bits per heavy atom. The second-order valence-electron chi connectivity index (χ2n) is 8.97. The number of halogens is 1. The van der Waals surface area contributed by atoms with E-state index in [9.17, 15) is 4.79 Å². The Hall–Kier alpha value is -1.06. The largest absolute Gasteiger partial charge is 0.516 e. The van der Waals surface area contributed by atoms with Gasteiger partial charge in [0.15, 0.2) is 4.73 Å². The molecule has 26 heavy (non-hydrogen) atoms. The Labute approximate surface area is 163 Å². The van der Waals surface area contributed by atoms with Gasteiger partial charge in [0, 0.05) is 19.3 Å². The van der Waals surface area contributed by atoms with Crippen LogP contribution in [0.3, 0.4) is 0 Å². The van der Waals surface area contributed by atoms with Crippen molar-refractivity contribution in [2.24, 2.45) is 0 Å². The van der Waals surface area contributed by atoms with Crippen LogP contribution in [0.5, 0.6) is 0 Å². The number of likely N-dealkylation sites (tertiary alicyclic amines) is 1. The summed E-state index contributed by atoms with van der Waals surface area (Å²) >= 11 is 3.51. The van der Waals surface area contributed by atoms with Gasteiger partial charge in [-0.05, 0) is 64.4 Å². The zero-order valence-electron chi connectivity index (χ0n) is 16.5. The molecule has 0 bridgehead atoms. The molecule has 1 aromatic heterocycles. The number of hydrogen-bond acceptors (Lipinski definition) is 5. The van der Waals surface area contributed by atoms with Crippen LogP contribution in [0.4, 0.5) is 4.79 Å². The highest BCUT2D eigenvalue weighted by atomic mass is 79.9. The topological polar surface area (TPSA) is 65.8 Å². The number of rotatable bonds is 2. The summed E-state index contributed by atoms with van der Waals surface area (Å²) in [6, 6.07) is 0.153. The molecule has 0 N–H and O–H groups in total. The molecule has 7 nitrogen and oxygen atoms in total. The first-order valence-corrected chi connectivity index (χ1v) is 9.66. The van der Waals surface area contributed by atoms with Crippen molar-refractivity contribution in [3.8, 4) is 0 Å². The van der Waals surface area contributed by atoms with Gasteiger partial charge < -0.3 is 23.5 Å². The maximum Gasteiger partial charge on any atom is 0.516 e. The van der Waals surface area contributed by atoms with Gasteiger partial charge in [-0.1, -0.05) is 0 Å². The predicted molar refractivity (Wildman–Crippen MR) is 102 cm³/mol. The van der Waals surface area contributed by atoms with Crippen LogP contribution < -0.4 is 5.59 Å². The lowest BCUT2D eigenvalue weighted by Gasteiger charge is -2.40. The quantitative estimate of drug-likeness (QED) is 0.679. The molecule has 0 unspecified atom stereocenters. The average molecular weight is 428 g/mol. The molecule has 1 amide bonds. The van der Waals surface area contributed by atoms with Gasteiger partial charge >= 0.3 is 13.2 Å². The molecule has 2 saturated heterocycles. The minimum Gasteiger partial charge on any atom is -0.444 e. The Morgan fingerprint density at radius 2 is 1.81 bits per heavy atom. The maximum atomic E-state index is 12.1. The van der Waals surface area contributed by atoms with Gasteiger partial charge in [0.05, 0.1) is 22.8 Å². The molecular weight excluding hydrogens is 401 g/mol. The molecule has 0 radical (unpaired) electrons. The fourth-order valence-electron chi connectivity index (χ4n) is 2.83. The fourth-order valence-corrected chi connectivity index (χ4v) is 3.43. The van der Waals surface area contributed by atoms with E-state index in [1.807, 2.05) is 59.2 Å². The van der Waals surface area contributed by atoms with Crippen LogP contribution in [0, 0.1) is 0 Å². The Bertz CT molecular complexity index is 691. The minimum atomic E-state index is -0.500. The van der Waals surface area contributed by atoms with Crippen molar-refractivity contribution in [1.82, 2.24) is 14.5 Å². The van der Waals surface area contributed by atoms with Crippen LogP contribution in [-0.4, -0.2) is 57.6 Å². The van der Waals surface area contributed by atoms with Crippen LogP contribution in [0.15, 0.2) is 10.9 Å². The molecule has 1 aromatic rings. The zero-order chi connectivity index (χ0) is 19.5. The van der Waals surface area contributed by atoms with E-state index in [4.69, 9.17) is 14.0 Å². The molecule has 144 valence electrons. The van der Waals surface area contributed by atoms with Crippen LogP contribution in [0.1, 0.15) is 54.5 Å². The lowest BCUT2D eigenvalue weighted by Crippen LogP contribution is -2.52. The molecule has 2 aliphatic rings. The molecule has 0 spiro atoms. The van der Waals surface area contributed by atoms with Gasteiger partial charge in [-0.25, -0.2) is 9.78 Å². The van der Waals surface area contributed by atoms with Gasteiger partial charge in [0.1, 0.15) is 5.60 Å². The first-order chi connectivity index (χ1) is 11.8. The molecule has 0 atom stereocenters. The van der Waals surface area contributed by atoms with Crippen LogP contribution in [0.25, 0.3) is 0 Å². The van der Waals surface area contributed by atoms with Crippen molar-refractivity contribution < 1.29 is 18.8 Å². The number of nitrogens with zero attached hydrogens (tertiary/aromatic N) is 3. The van der Waals surface area contributed by atoms with Gasteiger partial charge in [0.25, 0.3) is 0 Å². The third-order valence-electron chi connectivity index (χ3n) is 5.11. The number of imidazole rings is 1. The summed E-state index contributed by atoms with van der Waals surface area (Å²) in [5.41, 5.74) is -0.566. The molecule has 0 saturated carbocycles. The number of aromatic nitrogens is 2. The summed E-state index contributed by atoms with van der Waals surface area (Å²) in [5.74, 6) is 0. The molecule has 2 fully saturated rings. The monoisotopic (exact) mass is 427 g/mol. The highest BCUT2D eigenvalue weighted by molar-refractivity contribution is 9.10. The number of amides is 1. The molecule has 0 aromatic carbocycles. The highest BCUT2D eigenvalue weighted by Gasteiger charge is 2.53. The summed E-state index contributed by atoms with van der Waals surface area (Å²) in [6.45, 7) is 14.8. The Balaban J connectivity index is 1.65. The predicted octanol–water partition coefficient (Wildman–Crippen LogP) is 2.74. The van der Waals surface area contributed by atoms with Gasteiger partial charge in [-0.15, -0.1) is 0 Å². The summed E-state index contributed by atoms with van der Waals surface area (Å²) in [4.78, 5) is 18.3. The fraction of sp³-hybridized carbons (Fsp3) is 0.765. The van der Waals surface area contributed by atoms with Crippen molar-refractivity contribution in [3.05, 3.63) is 10.9 Å². The molecule has 0 aliphatic carbocycles. The summed E-state index contributed by atoms with van der Waals surface area (Å²) in [7, 11) is -0.500. The summed E-state index contributed by atoms with van der Waals surface area (Å²) in [6.07, 6.45) is 1.65. The smallest absolute Gasteiger partial charge is 0.444 e. The van der Waals surface area contributed by atoms with Gasteiger partial charge in [-0.3, -0.25) is 0 Å². The third kappa shape index (κ3) is 3.66. The van der Waals surface area contributed by atoms with E-state index >= 15 is 0 Å². The van der Waals surface area contributed by atoms with Crippen molar-refractivity contribution in [2.45, 2.75) is 71.3 Å². The van der Waals surface area contributed by atoms with Crippen molar-refractivity contribution >= 4 is 34.7 Å². The third-order valence-corrected chi connectivity index (χ3v) is 5.69. The van der Waals surface area contributed by atoms with E-state index in [1.165, 1.54) is 0 Å². The maximum absolute atomic E-state index is 12.1. The van der Waals surface area contributed by atoms with E-state index in [1.54, 1.807) is 4.90 Å². The number of hydrogen-bond donors (Lipinski definition) is 0. The Morgan fingerprint density at radius 3 is 2.31 bits per heavy atom. The van der Waals surface area contributed by atoms with E-state index < -0.39 is 23.9 Å². The van der Waals surface area contributed by atoms with Crippen LogP contribution >= 0.6 is 15.9 Å². The number of carbonyl (C=O) groups excluding carboxylic acids is 1. The first kappa shape index (κ1) is 19.7. The second kappa shape index (κ2) is 6.24. The molecule has 2 aliphatic heterocycles. The lowest BCUT2D eigenvalue weighted by atomic mass is 9.86. The minimum absolute atomic E-state index is 0.153. The molecule has 9 heteroatoms. The molecule has 3 rings (SSSR count). The van der Waals surface area contributed by atoms with Crippen molar-refractivity contribution in [3.63, 3.8) is 0 Å². The zero-order valence-corrected chi connectivity index (χ0v) is 18.1. The van der Waals surface area contributed by atoms with Crippen molar-refractivity contribution in [2.75, 3.05) is 13.1 Å². The normalized spacial score (nSPS) is 22.5. The van der Waals surface area contributed by atoms with Gasteiger partial charge in [-0.2, -0.15) is 0 Å². The summed E-state index contributed by atoms with van der Waals surface area (Å²) < 4.78 is 20.2. The van der Waals surface area contributed by atoms with E-state index in [0.717, 1.165) is 5.59 Å². The van der Waals surface area contributed by atoms with Crippen LogP contribution in [0.2, 0.25) is 0 Å². The Kier molecular flexibility index (Phi) is 4.73.